The molecule has 1 N–H and O–H groups in total. The van der Waals surface area contributed by atoms with E-state index in [9.17, 15) is 4.79 Å². The van der Waals surface area contributed by atoms with Gasteiger partial charge in [-0.15, -0.1) is 0 Å². The van der Waals surface area contributed by atoms with E-state index >= 15 is 0 Å². The minimum atomic E-state index is -0.0510. The molecule has 0 aromatic rings. The van der Waals surface area contributed by atoms with Crippen LogP contribution in [0.25, 0.3) is 0 Å². The summed E-state index contributed by atoms with van der Waals surface area (Å²) in [7, 11) is 3.90. The van der Waals surface area contributed by atoms with Crippen molar-refractivity contribution >= 4 is 5.91 Å². The van der Waals surface area contributed by atoms with Crippen molar-refractivity contribution in [2.24, 2.45) is 0 Å². The van der Waals surface area contributed by atoms with Crippen molar-refractivity contribution in [1.29, 1.82) is 0 Å². The van der Waals surface area contributed by atoms with Gasteiger partial charge in [-0.05, 0) is 27.9 Å². The molecule has 0 spiro atoms. The first-order valence-corrected chi connectivity index (χ1v) is 5.22. The summed E-state index contributed by atoms with van der Waals surface area (Å²) in [5, 5.41) is 3.08. The third kappa shape index (κ3) is 2.45. The monoisotopic (exact) mass is 199 g/mol. The molecule has 1 heterocycles. The van der Waals surface area contributed by atoms with Crippen molar-refractivity contribution in [2.75, 3.05) is 33.7 Å². The lowest BCUT2D eigenvalue weighted by Gasteiger charge is -2.27. The van der Waals surface area contributed by atoms with Crippen LogP contribution in [0, 0.1) is 0 Å². The average molecular weight is 199 g/mol. The van der Waals surface area contributed by atoms with Crippen molar-refractivity contribution in [3.63, 3.8) is 0 Å². The van der Waals surface area contributed by atoms with Crippen LogP contribution in [0.3, 0.4) is 0 Å². The molecular formula is C10H21N3O. The quantitative estimate of drug-likeness (QED) is 0.666. The summed E-state index contributed by atoms with van der Waals surface area (Å²) in [6.07, 6.45) is 0. The second-order valence-corrected chi connectivity index (χ2v) is 4.23. The summed E-state index contributed by atoms with van der Waals surface area (Å²) in [6, 6.07) is 0.245. The molecule has 1 saturated heterocycles. The predicted octanol–water partition coefficient (Wildman–Crippen LogP) is -0.243. The largest absolute Gasteiger partial charge is 0.338 e. The lowest BCUT2D eigenvalue weighted by Crippen LogP contribution is -2.48. The van der Waals surface area contributed by atoms with E-state index < -0.39 is 0 Å². The smallest absolute Gasteiger partial charge is 0.241 e. The van der Waals surface area contributed by atoms with Gasteiger partial charge >= 0.3 is 0 Å². The van der Waals surface area contributed by atoms with Crippen LogP contribution in [0.15, 0.2) is 0 Å². The Bertz CT molecular complexity index is 206. The average Bonchev–Trinajstić information content (AvgIpc) is 2.26. The third-order valence-corrected chi connectivity index (χ3v) is 2.77. The number of hydrogen-bond acceptors (Lipinski definition) is 3. The van der Waals surface area contributed by atoms with E-state index in [0.717, 1.165) is 19.6 Å². The zero-order valence-electron chi connectivity index (χ0n) is 9.58. The number of amides is 1. The van der Waals surface area contributed by atoms with Crippen molar-refractivity contribution in [3.8, 4) is 0 Å². The Morgan fingerprint density at radius 2 is 2.07 bits per heavy atom. The molecule has 4 heteroatoms. The Hall–Kier alpha value is -0.610. The summed E-state index contributed by atoms with van der Waals surface area (Å²) in [5.74, 6) is 0.229. The molecule has 4 nitrogen and oxygen atoms in total. The van der Waals surface area contributed by atoms with Gasteiger partial charge in [0, 0.05) is 25.7 Å². The Labute approximate surface area is 86.2 Å². The van der Waals surface area contributed by atoms with Crippen LogP contribution in [-0.4, -0.2) is 61.5 Å². The second-order valence-electron chi connectivity index (χ2n) is 4.23. The molecular weight excluding hydrogens is 178 g/mol. The highest BCUT2D eigenvalue weighted by Crippen LogP contribution is 2.07. The van der Waals surface area contributed by atoms with E-state index in [0.29, 0.717) is 6.04 Å². The Morgan fingerprint density at radius 3 is 2.57 bits per heavy atom. The number of rotatable bonds is 2. The van der Waals surface area contributed by atoms with E-state index in [1.165, 1.54) is 0 Å². The van der Waals surface area contributed by atoms with E-state index in [1.807, 2.05) is 11.9 Å². The van der Waals surface area contributed by atoms with Crippen molar-refractivity contribution in [2.45, 2.75) is 25.9 Å². The molecule has 0 aromatic carbocycles. The van der Waals surface area contributed by atoms with E-state index in [-0.39, 0.29) is 11.9 Å². The van der Waals surface area contributed by atoms with Crippen molar-refractivity contribution in [1.82, 2.24) is 15.1 Å². The molecule has 0 aliphatic carbocycles. The van der Waals surface area contributed by atoms with Gasteiger partial charge in [-0.3, -0.25) is 4.79 Å². The highest BCUT2D eigenvalue weighted by molar-refractivity contribution is 5.82. The standard InChI is InChI=1S/C10H21N3O/c1-8(2)13-6-5-12(4)7-9(11-3)10(13)14/h8-9,11H,5-7H2,1-4H3. The van der Waals surface area contributed by atoms with Crippen molar-refractivity contribution < 1.29 is 4.79 Å². The minimum Gasteiger partial charge on any atom is -0.338 e. The van der Waals surface area contributed by atoms with Crippen LogP contribution in [-0.2, 0) is 4.79 Å². The van der Waals surface area contributed by atoms with Crippen molar-refractivity contribution in [3.05, 3.63) is 0 Å². The summed E-state index contributed by atoms with van der Waals surface area (Å²) in [5.41, 5.74) is 0. The van der Waals surface area contributed by atoms with E-state index in [2.05, 4.69) is 31.1 Å². The Kier molecular flexibility index (Phi) is 3.89. The van der Waals surface area contributed by atoms with Gasteiger partial charge in [0.25, 0.3) is 0 Å². The first-order chi connectivity index (χ1) is 6.56. The number of hydrogen-bond donors (Lipinski definition) is 1. The zero-order valence-corrected chi connectivity index (χ0v) is 9.58. The molecule has 82 valence electrons. The summed E-state index contributed by atoms with van der Waals surface area (Å²) in [4.78, 5) is 16.1. The molecule has 1 rings (SSSR count). The third-order valence-electron chi connectivity index (χ3n) is 2.77. The minimum absolute atomic E-state index is 0.0510. The molecule has 1 aliphatic heterocycles. The van der Waals surface area contributed by atoms with Crippen LogP contribution in [0.5, 0.6) is 0 Å². The lowest BCUT2D eigenvalue weighted by molar-refractivity contribution is -0.134. The summed E-state index contributed by atoms with van der Waals surface area (Å²) in [6.45, 7) is 6.73. The fourth-order valence-electron chi connectivity index (χ4n) is 1.80. The first kappa shape index (κ1) is 11.5. The number of likely N-dealkylation sites (N-methyl/N-ethyl adjacent to an activating group) is 2. The van der Waals surface area contributed by atoms with Crippen LogP contribution < -0.4 is 5.32 Å². The maximum atomic E-state index is 12.0. The van der Waals surface area contributed by atoms with E-state index in [1.54, 1.807) is 0 Å². The fourth-order valence-corrected chi connectivity index (χ4v) is 1.80. The maximum Gasteiger partial charge on any atom is 0.241 e. The van der Waals surface area contributed by atoms with Crippen LogP contribution in [0.4, 0.5) is 0 Å². The molecule has 1 unspecified atom stereocenters. The Morgan fingerprint density at radius 1 is 1.43 bits per heavy atom. The molecule has 0 aromatic heterocycles. The summed E-state index contributed by atoms with van der Waals surface area (Å²) >= 11 is 0. The molecule has 0 radical (unpaired) electrons. The second kappa shape index (κ2) is 4.75. The van der Waals surface area contributed by atoms with Crippen LogP contribution >= 0.6 is 0 Å². The van der Waals surface area contributed by atoms with Gasteiger partial charge in [0.1, 0.15) is 0 Å². The topological polar surface area (TPSA) is 35.6 Å². The number of carbonyl (C=O) groups is 1. The molecule has 0 saturated carbocycles. The predicted molar refractivity (Wildman–Crippen MR) is 57.2 cm³/mol. The molecule has 1 fully saturated rings. The fraction of sp³-hybridized carbons (Fsp3) is 0.900. The SMILES string of the molecule is CNC1CN(C)CCN(C(C)C)C1=O. The number of carbonyl (C=O) groups excluding carboxylic acids is 1. The number of nitrogens with one attached hydrogen (secondary N) is 1. The Balaban J connectivity index is 2.74. The van der Waals surface area contributed by atoms with Gasteiger partial charge in [0.05, 0.1) is 6.04 Å². The molecule has 1 aliphatic rings. The number of nitrogens with zero attached hydrogens (tertiary/aromatic N) is 2. The highest BCUT2D eigenvalue weighted by Gasteiger charge is 2.28. The van der Waals surface area contributed by atoms with Gasteiger partial charge in [-0.1, -0.05) is 0 Å². The van der Waals surface area contributed by atoms with Gasteiger partial charge in [-0.25, -0.2) is 0 Å². The van der Waals surface area contributed by atoms with Crippen LogP contribution in [0.2, 0.25) is 0 Å². The zero-order chi connectivity index (χ0) is 10.7. The lowest BCUT2D eigenvalue weighted by atomic mass is 10.2. The normalized spacial score (nSPS) is 25.6. The van der Waals surface area contributed by atoms with Gasteiger partial charge in [0.15, 0.2) is 0 Å². The van der Waals surface area contributed by atoms with E-state index in [4.69, 9.17) is 0 Å². The molecule has 1 atom stereocenters. The summed E-state index contributed by atoms with van der Waals surface area (Å²) < 4.78 is 0. The van der Waals surface area contributed by atoms with Gasteiger partial charge in [-0.2, -0.15) is 0 Å². The molecule has 14 heavy (non-hydrogen) atoms. The maximum absolute atomic E-state index is 12.0. The van der Waals surface area contributed by atoms with Crippen LogP contribution in [0.1, 0.15) is 13.8 Å². The van der Waals surface area contributed by atoms with Gasteiger partial charge in [0.2, 0.25) is 5.91 Å². The first-order valence-electron chi connectivity index (χ1n) is 5.22. The highest BCUT2D eigenvalue weighted by atomic mass is 16.2. The molecule has 0 bridgehead atoms. The van der Waals surface area contributed by atoms with Gasteiger partial charge < -0.3 is 15.1 Å². The molecule has 1 amide bonds.